The fourth-order valence-electron chi connectivity index (χ4n) is 1.97. The Labute approximate surface area is 112 Å². The van der Waals surface area contributed by atoms with Crippen molar-refractivity contribution in [2.75, 3.05) is 7.11 Å². The van der Waals surface area contributed by atoms with Gasteiger partial charge in [-0.1, -0.05) is 36.0 Å². The number of hydrogen-bond donors (Lipinski definition) is 1. The first-order chi connectivity index (χ1) is 8.60. The summed E-state index contributed by atoms with van der Waals surface area (Å²) in [6.45, 7) is 4.61. The van der Waals surface area contributed by atoms with Gasteiger partial charge in [0.1, 0.15) is 17.1 Å². The van der Waals surface area contributed by atoms with Crippen molar-refractivity contribution in [3.63, 3.8) is 0 Å². The van der Waals surface area contributed by atoms with Crippen LogP contribution in [0.4, 0.5) is 0 Å². The maximum atomic E-state index is 5.18. The molecule has 1 N–H and O–H groups in total. The Hall–Kier alpha value is -1.52. The first kappa shape index (κ1) is 12.9. The normalized spacial score (nSPS) is 10.6. The summed E-state index contributed by atoms with van der Waals surface area (Å²) in [5.74, 6) is 0.750. The molecule has 0 fully saturated rings. The standard InChI is InChI=1S/C14H16N2OS/c1-9-4-5-11(10(2)6-9)12-7-14(18)16-13(15-12)8-17-3/h4-7H,8H2,1-3H3,(H,15,16,18). The van der Waals surface area contributed by atoms with Gasteiger partial charge in [0, 0.05) is 12.7 Å². The average Bonchev–Trinajstić information content (AvgIpc) is 2.28. The predicted octanol–water partition coefficient (Wildman–Crippen LogP) is 3.57. The highest BCUT2D eigenvalue weighted by Crippen LogP contribution is 2.22. The third-order valence-electron chi connectivity index (χ3n) is 2.75. The van der Waals surface area contributed by atoms with E-state index in [1.807, 2.05) is 6.07 Å². The summed E-state index contributed by atoms with van der Waals surface area (Å²) in [7, 11) is 1.64. The van der Waals surface area contributed by atoms with E-state index in [0.29, 0.717) is 11.2 Å². The summed E-state index contributed by atoms with van der Waals surface area (Å²) in [6, 6.07) is 8.23. The van der Waals surface area contributed by atoms with Crippen LogP contribution in [0, 0.1) is 18.5 Å². The van der Waals surface area contributed by atoms with Crippen LogP contribution in [0.25, 0.3) is 11.3 Å². The first-order valence-electron chi connectivity index (χ1n) is 5.77. The van der Waals surface area contributed by atoms with E-state index in [0.717, 1.165) is 17.1 Å². The van der Waals surface area contributed by atoms with Crippen LogP contribution in [0.2, 0.25) is 0 Å². The van der Waals surface area contributed by atoms with E-state index in [1.165, 1.54) is 11.1 Å². The van der Waals surface area contributed by atoms with Crippen molar-refractivity contribution in [2.45, 2.75) is 20.5 Å². The minimum atomic E-state index is 0.433. The lowest BCUT2D eigenvalue weighted by molar-refractivity contribution is 0.177. The lowest BCUT2D eigenvalue weighted by Crippen LogP contribution is -1.99. The number of hydrogen-bond acceptors (Lipinski definition) is 3. The lowest BCUT2D eigenvalue weighted by Gasteiger charge is -2.09. The molecule has 2 rings (SSSR count). The van der Waals surface area contributed by atoms with Crippen molar-refractivity contribution in [2.24, 2.45) is 0 Å². The Balaban J connectivity index is 2.53. The van der Waals surface area contributed by atoms with Gasteiger partial charge in [0.15, 0.2) is 0 Å². The summed E-state index contributed by atoms with van der Waals surface area (Å²) in [4.78, 5) is 7.49. The molecule has 18 heavy (non-hydrogen) atoms. The van der Waals surface area contributed by atoms with Gasteiger partial charge < -0.3 is 9.72 Å². The summed E-state index contributed by atoms with van der Waals surface area (Å²) >= 11 is 5.18. The van der Waals surface area contributed by atoms with Gasteiger partial charge in [-0.05, 0) is 25.5 Å². The average molecular weight is 260 g/mol. The Morgan fingerprint density at radius 3 is 2.72 bits per heavy atom. The lowest BCUT2D eigenvalue weighted by atomic mass is 10.0. The Morgan fingerprint density at radius 1 is 1.28 bits per heavy atom. The third kappa shape index (κ3) is 2.83. The van der Waals surface area contributed by atoms with Gasteiger partial charge in [-0.3, -0.25) is 0 Å². The number of nitrogens with one attached hydrogen (secondary N) is 1. The topological polar surface area (TPSA) is 37.9 Å². The van der Waals surface area contributed by atoms with Gasteiger partial charge in [-0.2, -0.15) is 0 Å². The van der Waals surface area contributed by atoms with Gasteiger partial charge in [-0.15, -0.1) is 0 Å². The molecule has 0 amide bonds. The zero-order chi connectivity index (χ0) is 13.1. The van der Waals surface area contributed by atoms with Gasteiger partial charge in [0.05, 0.1) is 5.69 Å². The number of aryl methyl sites for hydroxylation is 2. The molecule has 1 aromatic carbocycles. The van der Waals surface area contributed by atoms with E-state index in [4.69, 9.17) is 17.0 Å². The molecule has 0 atom stereocenters. The molecule has 0 aliphatic rings. The molecule has 0 saturated heterocycles. The van der Waals surface area contributed by atoms with E-state index in [-0.39, 0.29) is 0 Å². The monoisotopic (exact) mass is 260 g/mol. The highest BCUT2D eigenvalue weighted by molar-refractivity contribution is 7.71. The summed E-state index contributed by atoms with van der Waals surface area (Å²) < 4.78 is 5.66. The largest absolute Gasteiger partial charge is 0.377 e. The van der Waals surface area contributed by atoms with E-state index in [9.17, 15) is 0 Å². The minimum absolute atomic E-state index is 0.433. The quantitative estimate of drug-likeness (QED) is 0.857. The number of nitrogens with zero attached hydrogens (tertiary/aromatic N) is 1. The fraction of sp³-hybridized carbons (Fsp3) is 0.286. The second kappa shape index (κ2) is 5.42. The first-order valence-corrected chi connectivity index (χ1v) is 6.18. The number of ether oxygens (including phenoxy) is 1. The van der Waals surface area contributed by atoms with Gasteiger partial charge in [0.2, 0.25) is 0 Å². The number of H-pyrrole nitrogens is 1. The predicted molar refractivity (Wildman–Crippen MR) is 75.0 cm³/mol. The van der Waals surface area contributed by atoms with Crippen molar-refractivity contribution in [3.8, 4) is 11.3 Å². The number of benzene rings is 1. The number of methoxy groups -OCH3 is 1. The van der Waals surface area contributed by atoms with Crippen LogP contribution in [0.1, 0.15) is 17.0 Å². The van der Waals surface area contributed by atoms with Gasteiger partial charge >= 0.3 is 0 Å². The maximum Gasteiger partial charge on any atom is 0.134 e. The van der Waals surface area contributed by atoms with Crippen molar-refractivity contribution in [1.29, 1.82) is 0 Å². The summed E-state index contributed by atoms with van der Waals surface area (Å²) in [5, 5.41) is 0. The second-order valence-corrected chi connectivity index (χ2v) is 4.75. The SMILES string of the molecule is COCc1nc(=S)cc(-c2ccc(C)cc2C)[nH]1. The second-order valence-electron chi connectivity index (χ2n) is 4.33. The molecular formula is C14H16N2OS. The van der Waals surface area contributed by atoms with Crippen LogP contribution < -0.4 is 0 Å². The molecule has 0 radical (unpaired) electrons. The number of rotatable bonds is 3. The highest BCUT2D eigenvalue weighted by Gasteiger charge is 2.05. The zero-order valence-electron chi connectivity index (χ0n) is 10.8. The highest BCUT2D eigenvalue weighted by atomic mass is 32.1. The van der Waals surface area contributed by atoms with E-state index in [2.05, 4.69) is 42.0 Å². The van der Waals surface area contributed by atoms with Crippen molar-refractivity contribution in [3.05, 3.63) is 45.9 Å². The van der Waals surface area contributed by atoms with Crippen LogP contribution in [0.3, 0.4) is 0 Å². The Morgan fingerprint density at radius 2 is 2.06 bits per heavy atom. The summed E-state index contributed by atoms with van der Waals surface area (Å²) in [6.07, 6.45) is 0. The maximum absolute atomic E-state index is 5.18. The molecule has 0 spiro atoms. The molecule has 4 heteroatoms. The summed E-state index contributed by atoms with van der Waals surface area (Å²) in [5.41, 5.74) is 4.60. The van der Waals surface area contributed by atoms with Crippen molar-refractivity contribution < 1.29 is 4.74 Å². The van der Waals surface area contributed by atoms with Crippen LogP contribution >= 0.6 is 12.2 Å². The molecule has 1 heterocycles. The van der Waals surface area contributed by atoms with E-state index in [1.54, 1.807) is 7.11 Å². The van der Waals surface area contributed by atoms with Crippen LogP contribution in [0.5, 0.6) is 0 Å². The molecule has 3 nitrogen and oxygen atoms in total. The molecule has 0 saturated carbocycles. The van der Waals surface area contributed by atoms with Crippen LogP contribution in [-0.2, 0) is 11.3 Å². The molecule has 1 aromatic heterocycles. The molecule has 0 unspecified atom stereocenters. The number of aromatic amines is 1. The molecule has 0 aliphatic carbocycles. The molecular weight excluding hydrogens is 244 g/mol. The van der Waals surface area contributed by atoms with Crippen LogP contribution in [-0.4, -0.2) is 17.1 Å². The molecule has 2 aromatic rings. The fourth-order valence-corrected chi connectivity index (χ4v) is 2.20. The van der Waals surface area contributed by atoms with E-state index < -0.39 is 0 Å². The minimum Gasteiger partial charge on any atom is -0.377 e. The Kier molecular flexibility index (Phi) is 3.89. The van der Waals surface area contributed by atoms with Gasteiger partial charge in [0.25, 0.3) is 0 Å². The molecule has 94 valence electrons. The smallest absolute Gasteiger partial charge is 0.134 e. The number of aromatic nitrogens is 2. The van der Waals surface area contributed by atoms with Gasteiger partial charge in [-0.25, -0.2) is 4.98 Å². The zero-order valence-corrected chi connectivity index (χ0v) is 11.6. The van der Waals surface area contributed by atoms with Crippen molar-refractivity contribution >= 4 is 12.2 Å². The van der Waals surface area contributed by atoms with Crippen molar-refractivity contribution in [1.82, 2.24) is 9.97 Å². The van der Waals surface area contributed by atoms with Crippen LogP contribution in [0.15, 0.2) is 24.3 Å². The molecule has 0 aliphatic heterocycles. The third-order valence-corrected chi connectivity index (χ3v) is 2.95. The van der Waals surface area contributed by atoms with E-state index >= 15 is 0 Å². The Bertz CT molecular complexity index is 619. The molecule has 0 bridgehead atoms.